The monoisotopic (exact) mass is 174 g/mol. The highest BCUT2D eigenvalue weighted by Gasteiger charge is 2.11. The molecule has 0 aliphatic rings. The van der Waals surface area contributed by atoms with Crippen molar-refractivity contribution in [1.82, 2.24) is 4.90 Å². The van der Waals surface area contributed by atoms with Crippen LogP contribution in [0.4, 0.5) is 0 Å². The Morgan fingerprint density at radius 1 is 1.42 bits per heavy atom. The second kappa shape index (κ2) is 7.53. The highest BCUT2D eigenvalue weighted by Crippen LogP contribution is 2.01. The van der Waals surface area contributed by atoms with Crippen molar-refractivity contribution in [1.29, 1.82) is 0 Å². The maximum absolute atomic E-state index is 5.65. The number of hydrogen-bond acceptors (Lipinski definition) is 3. The van der Waals surface area contributed by atoms with E-state index in [2.05, 4.69) is 18.7 Å². The molecule has 3 nitrogen and oxygen atoms in total. The minimum absolute atomic E-state index is 0.519. The van der Waals surface area contributed by atoms with Crippen molar-refractivity contribution in [3.63, 3.8) is 0 Å². The summed E-state index contributed by atoms with van der Waals surface area (Å²) in [5.74, 6) is 0. The molecule has 0 aromatic carbocycles. The molecule has 0 saturated heterocycles. The Hall–Kier alpha value is -0.120. The number of hydrogen-bond donors (Lipinski definition) is 1. The first kappa shape index (κ1) is 11.9. The van der Waals surface area contributed by atoms with Crippen LogP contribution in [0.1, 0.15) is 20.3 Å². The third-order valence-corrected chi connectivity index (χ3v) is 2.25. The van der Waals surface area contributed by atoms with E-state index in [-0.39, 0.29) is 0 Å². The van der Waals surface area contributed by atoms with E-state index in [4.69, 9.17) is 10.5 Å². The van der Waals surface area contributed by atoms with Gasteiger partial charge in [-0.15, -0.1) is 0 Å². The number of methoxy groups -OCH3 is 1. The number of ether oxygens (including phenoxy) is 1. The average Bonchev–Trinajstić information content (AvgIpc) is 2.12. The van der Waals surface area contributed by atoms with E-state index in [1.807, 2.05) is 0 Å². The molecule has 0 heterocycles. The zero-order valence-corrected chi connectivity index (χ0v) is 8.55. The van der Waals surface area contributed by atoms with Crippen LogP contribution in [0.15, 0.2) is 0 Å². The van der Waals surface area contributed by atoms with Crippen molar-refractivity contribution >= 4 is 0 Å². The Morgan fingerprint density at radius 2 is 2.08 bits per heavy atom. The molecule has 74 valence electrons. The number of nitrogens with zero attached hydrogens (tertiary/aromatic N) is 1. The predicted molar refractivity (Wildman–Crippen MR) is 52.3 cm³/mol. The van der Waals surface area contributed by atoms with Crippen LogP contribution in [0.5, 0.6) is 0 Å². The Kier molecular flexibility index (Phi) is 7.45. The molecule has 12 heavy (non-hydrogen) atoms. The Labute approximate surface area is 75.9 Å². The lowest BCUT2D eigenvalue weighted by Gasteiger charge is -2.28. The van der Waals surface area contributed by atoms with E-state index in [1.165, 1.54) is 0 Å². The second-order valence-electron chi connectivity index (χ2n) is 2.92. The molecule has 0 saturated carbocycles. The van der Waals surface area contributed by atoms with Crippen LogP contribution >= 0.6 is 0 Å². The summed E-state index contributed by atoms with van der Waals surface area (Å²) in [5, 5.41) is 0. The summed E-state index contributed by atoms with van der Waals surface area (Å²) < 4.78 is 5.03. The Bertz CT molecular complexity index is 94.5. The van der Waals surface area contributed by atoms with Crippen LogP contribution in [-0.2, 0) is 4.74 Å². The summed E-state index contributed by atoms with van der Waals surface area (Å²) in [6.45, 7) is 7.92. The molecular weight excluding hydrogens is 152 g/mol. The fourth-order valence-corrected chi connectivity index (χ4v) is 1.38. The third kappa shape index (κ3) is 4.04. The summed E-state index contributed by atoms with van der Waals surface area (Å²) in [6.07, 6.45) is 1.12. The third-order valence-electron chi connectivity index (χ3n) is 2.25. The molecule has 0 rings (SSSR count). The molecule has 0 aromatic heterocycles. The van der Waals surface area contributed by atoms with Crippen LogP contribution in [-0.4, -0.2) is 44.3 Å². The fourth-order valence-electron chi connectivity index (χ4n) is 1.38. The molecule has 0 aliphatic heterocycles. The predicted octanol–water partition coefficient (Wildman–Crippen LogP) is 0.692. The zero-order chi connectivity index (χ0) is 9.40. The van der Waals surface area contributed by atoms with Crippen molar-refractivity contribution < 1.29 is 4.74 Å². The summed E-state index contributed by atoms with van der Waals surface area (Å²) in [6, 6.07) is 0.519. The number of nitrogens with two attached hydrogens (primary N) is 1. The van der Waals surface area contributed by atoms with Gasteiger partial charge in [-0.2, -0.15) is 0 Å². The van der Waals surface area contributed by atoms with Crippen molar-refractivity contribution in [2.45, 2.75) is 26.3 Å². The summed E-state index contributed by atoms with van der Waals surface area (Å²) in [5.41, 5.74) is 5.65. The molecule has 0 aromatic rings. The van der Waals surface area contributed by atoms with Gasteiger partial charge in [-0.3, -0.25) is 4.90 Å². The topological polar surface area (TPSA) is 38.5 Å². The standard InChI is InChI=1S/C9H22N2O/c1-4-9(8-10)11(5-2)6-7-12-3/h9H,4-8,10H2,1-3H3. The van der Waals surface area contributed by atoms with Gasteiger partial charge in [0.2, 0.25) is 0 Å². The smallest absolute Gasteiger partial charge is 0.0589 e. The van der Waals surface area contributed by atoms with E-state index in [9.17, 15) is 0 Å². The lowest BCUT2D eigenvalue weighted by atomic mass is 10.2. The van der Waals surface area contributed by atoms with Gasteiger partial charge in [0.25, 0.3) is 0 Å². The summed E-state index contributed by atoms with van der Waals surface area (Å²) in [7, 11) is 1.73. The van der Waals surface area contributed by atoms with Gasteiger partial charge < -0.3 is 10.5 Å². The maximum Gasteiger partial charge on any atom is 0.0589 e. The minimum Gasteiger partial charge on any atom is -0.383 e. The van der Waals surface area contributed by atoms with Gasteiger partial charge in [-0.1, -0.05) is 13.8 Å². The molecule has 0 fully saturated rings. The first-order valence-electron chi connectivity index (χ1n) is 4.73. The average molecular weight is 174 g/mol. The van der Waals surface area contributed by atoms with Crippen LogP contribution < -0.4 is 5.73 Å². The second-order valence-corrected chi connectivity index (χ2v) is 2.92. The van der Waals surface area contributed by atoms with E-state index < -0.39 is 0 Å². The normalized spacial score (nSPS) is 13.8. The summed E-state index contributed by atoms with van der Waals surface area (Å²) >= 11 is 0. The van der Waals surface area contributed by atoms with Gasteiger partial charge in [0.15, 0.2) is 0 Å². The molecule has 0 radical (unpaired) electrons. The van der Waals surface area contributed by atoms with Crippen molar-refractivity contribution in [2.24, 2.45) is 5.73 Å². The SMILES string of the molecule is CCC(CN)N(CC)CCOC. The van der Waals surface area contributed by atoms with Crippen molar-refractivity contribution in [3.05, 3.63) is 0 Å². The number of rotatable bonds is 7. The molecule has 1 unspecified atom stereocenters. The minimum atomic E-state index is 0.519. The van der Waals surface area contributed by atoms with Crippen LogP contribution in [0, 0.1) is 0 Å². The van der Waals surface area contributed by atoms with Gasteiger partial charge in [-0.25, -0.2) is 0 Å². The molecule has 0 amide bonds. The molecule has 2 N–H and O–H groups in total. The van der Waals surface area contributed by atoms with Crippen molar-refractivity contribution in [2.75, 3.05) is 33.4 Å². The quantitative estimate of drug-likeness (QED) is 0.617. The van der Waals surface area contributed by atoms with Gasteiger partial charge >= 0.3 is 0 Å². The van der Waals surface area contributed by atoms with E-state index in [0.29, 0.717) is 6.04 Å². The highest BCUT2D eigenvalue weighted by atomic mass is 16.5. The van der Waals surface area contributed by atoms with Crippen LogP contribution in [0.3, 0.4) is 0 Å². The maximum atomic E-state index is 5.65. The summed E-state index contributed by atoms with van der Waals surface area (Å²) in [4.78, 5) is 2.36. The van der Waals surface area contributed by atoms with Crippen LogP contribution in [0.2, 0.25) is 0 Å². The molecule has 1 atom stereocenters. The van der Waals surface area contributed by atoms with E-state index in [0.717, 1.165) is 32.7 Å². The lowest BCUT2D eigenvalue weighted by Crippen LogP contribution is -2.41. The Morgan fingerprint density at radius 3 is 2.42 bits per heavy atom. The largest absolute Gasteiger partial charge is 0.383 e. The fraction of sp³-hybridized carbons (Fsp3) is 1.00. The molecule has 0 bridgehead atoms. The van der Waals surface area contributed by atoms with Gasteiger partial charge in [-0.05, 0) is 13.0 Å². The first-order valence-corrected chi connectivity index (χ1v) is 4.73. The zero-order valence-electron chi connectivity index (χ0n) is 8.55. The first-order chi connectivity index (χ1) is 5.79. The number of likely N-dealkylation sites (N-methyl/N-ethyl adjacent to an activating group) is 1. The lowest BCUT2D eigenvalue weighted by molar-refractivity contribution is 0.124. The molecule has 0 aliphatic carbocycles. The van der Waals surface area contributed by atoms with Gasteiger partial charge in [0.05, 0.1) is 6.61 Å². The molecular formula is C9H22N2O. The van der Waals surface area contributed by atoms with Crippen molar-refractivity contribution in [3.8, 4) is 0 Å². The van der Waals surface area contributed by atoms with Gasteiger partial charge in [0.1, 0.15) is 0 Å². The van der Waals surface area contributed by atoms with E-state index in [1.54, 1.807) is 7.11 Å². The van der Waals surface area contributed by atoms with Gasteiger partial charge in [0, 0.05) is 26.2 Å². The highest BCUT2D eigenvalue weighted by molar-refractivity contribution is 4.69. The van der Waals surface area contributed by atoms with Crippen LogP contribution in [0.25, 0.3) is 0 Å². The van der Waals surface area contributed by atoms with E-state index >= 15 is 0 Å². The Balaban J connectivity index is 3.75. The molecule has 0 spiro atoms. The molecule has 3 heteroatoms.